The van der Waals surface area contributed by atoms with Gasteiger partial charge in [-0.15, -0.1) is 0 Å². The Morgan fingerprint density at radius 1 is 1.14 bits per heavy atom. The molecule has 154 valence electrons. The second kappa shape index (κ2) is 8.16. The van der Waals surface area contributed by atoms with Crippen LogP contribution in [0.4, 0.5) is 5.95 Å². The van der Waals surface area contributed by atoms with Gasteiger partial charge in [0.15, 0.2) is 0 Å². The molecule has 1 saturated heterocycles. The zero-order chi connectivity index (χ0) is 20.4. The molecule has 0 aliphatic carbocycles. The molecule has 0 atom stereocenters. The van der Waals surface area contributed by atoms with E-state index in [2.05, 4.69) is 41.2 Å². The number of nitrogens with zero attached hydrogens (tertiary/aromatic N) is 5. The van der Waals surface area contributed by atoms with Gasteiger partial charge in [0.1, 0.15) is 0 Å². The molecule has 0 spiro atoms. The van der Waals surface area contributed by atoms with E-state index in [9.17, 15) is 8.42 Å². The third-order valence-electron chi connectivity index (χ3n) is 5.06. The van der Waals surface area contributed by atoms with E-state index in [0.29, 0.717) is 5.92 Å². The SMILES string of the molecule is Cc1ccc(S(=O)(=O)OCCC2CCN(c3nnnn3C(C)(C)C)CC2)cc1. The van der Waals surface area contributed by atoms with Gasteiger partial charge in [-0.25, -0.2) is 4.68 Å². The van der Waals surface area contributed by atoms with E-state index in [0.717, 1.165) is 43.9 Å². The minimum atomic E-state index is -3.69. The van der Waals surface area contributed by atoms with Gasteiger partial charge in [-0.1, -0.05) is 22.8 Å². The first-order valence-corrected chi connectivity index (χ1v) is 11.1. The van der Waals surface area contributed by atoms with Gasteiger partial charge < -0.3 is 4.90 Å². The molecular weight excluding hydrogens is 378 g/mol. The van der Waals surface area contributed by atoms with Crippen molar-refractivity contribution in [3.8, 4) is 0 Å². The van der Waals surface area contributed by atoms with Gasteiger partial charge in [-0.3, -0.25) is 4.18 Å². The molecule has 1 aliphatic rings. The van der Waals surface area contributed by atoms with E-state index in [-0.39, 0.29) is 17.0 Å². The number of piperidine rings is 1. The van der Waals surface area contributed by atoms with Crippen LogP contribution < -0.4 is 4.90 Å². The minimum absolute atomic E-state index is 0.173. The number of tetrazole rings is 1. The second-order valence-electron chi connectivity index (χ2n) is 8.37. The van der Waals surface area contributed by atoms with Crippen molar-refractivity contribution in [3.63, 3.8) is 0 Å². The standard InChI is InChI=1S/C19H29N5O3S/c1-15-5-7-17(8-6-15)28(25,26)27-14-11-16-9-12-23(13-10-16)18-20-21-22-24(18)19(2,3)4/h5-8,16H,9-14H2,1-4H3. The van der Waals surface area contributed by atoms with Crippen LogP contribution in [0.1, 0.15) is 45.6 Å². The first kappa shape index (κ1) is 20.7. The number of benzene rings is 1. The molecule has 2 heterocycles. The fraction of sp³-hybridized carbons (Fsp3) is 0.632. The van der Waals surface area contributed by atoms with Crippen LogP contribution in [0.2, 0.25) is 0 Å². The second-order valence-corrected chi connectivity index (χ2v) is 9.99. The predicted octanol–water partition coefficient (Wildman–Crippen LogP) is 2.75. The molecule has 0 saturated carbocycles. The van der Waals surface area contributed by atoms with Crippen LogP contribution >= 0.6 is 0 Å². The zero-order valence-corrected chi connectivity index (χ0v) is 17.8. The molecule has 1 aliphatic heterocycles. The molecule has 0 unspecified atom stereocenters. The van der Waals surface area contributed by atoms with Crippen LogP contribution in [0.15, 0.2) is 29.2 Å². The summed E-state index contributed by atoms with van der Waals surface area (Å²) in [5.41, 5.74) is 0.844. The quantitative estimate of drug-likeness (QED) is 0.680. The maximum absolute atomic E-state index is 12.3. The van der Waals surface area contributed by atoms with Crippen molar-refractivity contribution in [2.75, 3.05) is 24.6 Å². The summed E-state index contributed by atoms with van der Waals surface area (Å²) >= 11 is 0. The third kappa shape index (κ3) is 4.88. The molecule has 0 amide bonds. The van der Waals surface area contributed by atoms with Crippen molar-refractivity contribution < 1.29 is 12.6 Å². The van der Waals surface area contributed by atoms with E-state index in [4.69, 9.17) is 4.18 Å². The summed E-state index contributed by atoms with van der Waals surface area (Å²) in [7, 11) is -3.69. The third-order valence-corrected chi connectivity index (χ3v) is 6.39. The van der Waals surface area contributed by atoms with E-state index < -0.39 is 10.1 Å². The van der Waals surface area contributed by atoms with Crippen LogP contribution in [0.5, 0.6) is 0 Å². The Morgan fingerprint density at radius 3 is 2.39 bits per heavy atom. The Hall–Kier alpha value is -2.00. The maximum atomic E-state index is 12.3. The first-order valence-electron chi connectivity index (χ1n) is 9.67. The molecule has 3 rings (SSSR count). The lowest BCUT2D eigenvalue weighted by molar-refractivity contribution is 0.260. The van der Waals surface area contributed by atoms with Crippen LogP contribution in [0, 0.1) is 12.8 Å². The lowest BCUT2D eigenvalue weighted by Crippen LogP contribution is -2.38. The fourth-order valence-corrected chi connectivity index (χ4v) is 4.25. The van der Waals surface area contributed by atoms with E-state index in [1.807, 2.05) is 11.6 Å². The number of aryl methyl sites for hydroxylation is 1. The minimum Gasteiger partial charge on any atom is -0.340 e. The summed E-state index contributed by atoms with van der Waals surface area (Å²) in [5, 5.41) is 12.1. The topological polar surface area (TPSA) is 90.2 Å². The Kier molecular flexibility index (Phi) is 6.04. The van der Waals surface area contributed by atoms with Crippen LogP contribution in [-0.2, 0) is 19.8 Å². The van der Waals surface area contributed by atoms with Gasteiger partial charge in [0.05, 0.1) is 17.0 Å². The lowest BCUT2D eigenvalue weighted by Gasteiger charge is -2.33. The highest BCUT2D eigenvalue weighted by molar-refractivity contribution is 7.86. The van der Waals surface area contributed by atoms with E-state index >= 15 is 0 Å². The predicted molar refractivity (Wildman–Crippen MR) is 107 cm³/mol. The highest BCUT2D eigenvalue weighted by atomic mass is 32.2. The largest absolute Gasteiger partial charge is 0.340 e. The highest BCUT2D eigenvalue weighted by Gasteiger charge is 2.27. The van der Waals surface area contributed by atoms with E-state index in [1.54, 1.807) is 24.3 Å². The fourth-order valence-electron chi connectivity index (χ4n) is 3.33. The molecule has 1 aromatic carbocycles. The molecule has 0 bridgehead atoms. The molecular formula is C19H29N5O3S. The van der Waals surface area contributed by atoms with Crippen LogP contribution in [0.25, 0.3) is 0 Å². The van der Waals surface area contributed by atoms with Crippen molar-refractivity contribution in [3.05, 3.63) is 29.8 Å². The summed E-state index contributed by atoms with van der Waals surface area (Å²) in [5.74, 6) is 1.23. The van der Waals surface area contributed by atoms with Gasteiger partial charge in [0, 0.05) is 13.1 Å². The number of hydrogen-bond acceptors (Lipinski definition) is 7. The number of rotatable bonds is 6. The number of aromatic nitrogens is 4. The molecule has 9 heteroatoms. The normalized spacial score (nSPS) is 16.5. The average Bonchev–Trinajstić information content (AvgIpc) is 3.13. The maximum Gasteiger partial charge on any atom is 0.296 e. The van der Waals surface area contributed by atoms with Crippen LogP contribution in [-0.4, -0.2) is 48.3 Å². The van der Waals surface area contributed by atoms with Crippen molar-refractivity contribution in [1.82, 2.24) is 20.2 Å². The Labute approximate surface area is 167 Å². The number of anilines is 1. The summed E-state index contributed by atoms with van der Waals surface area (Å²) in [6, 6.07) is 6.72. The van der Waals surface area contributed by atoms with Crippen molar-refractivity contribution in [2.45, 2.75) is 57.4 Å². The summed E-state index contributed by atoms with van der Waals surface area (Å²) < 4.78 is 31.6. The van der Waals surface area contributed by atoms with Crippen LogP contribution in [0.3, 0.4) is 0 Å². The Balaban J connectivity index is 1.49. The molecule has 2 aromatic rings. The summed E-state index contributed by atoms with van der Waals surface area (Å²) in [6.45, 7) is 10.1. The van der Waals surface area contributed by atoms with Crippen molar-refractivity contribution in [2.24, 2.45) is 5.92 Å². The Bertz CT molecular complexity index is 879. The molecule has 28 heavy (non-hydrogen) atoms. The highest BCUT2D eigenvalue weighted by Crippen LogP contribution is 2.26. The monoisotopic (exact) mass is 407 g/mol. The smallest absolute Gasteiger partial charge is 0.296 e. The van der Waals surface area contributed by atoms with Gasteiger partial charge in [0.2, 0.25) is 5.95 Å². The molecule has 0 radical (unpaired) electrons. The van der Waals surface area contributed by atoms with Gasteiger partial charge >= 0.3 is 0 Å². The summed E-state index contributed by atoms with van der Waals surface area (Å²) in [4.78, 5) is 2.41. The van der Waals surface area contributed by atoms with Gasteiger partial charge in [-0.05, 0) is 75.4 Å². The summed E-state index contributed by atoms with van der Waals surface area (Å²) in [6.07, 6.45) is 2.65. The molecule has 1 aromatic heterocycles. The zero-order valence-electron chi connectivity index (χ0n) is 17.0. The number of hydrogen-bond donors (Lipinski definition) is 0. The van der Waals surface area contributed by atoms with Crippen molar-refractivity contribution in [1.29, 1.82) is 0 Å². The molecule has 8 nitrogen and oxygen atoms in total. The first-order chi connectivity index (χ1) is 13.2. The average molecular weight is 408 g/mol. The van der Waals surface area contributed by atoms with Crippen molar-refractivity contribution >= 4 is 16.1 Å². The van der Waals surface area contributed by atoms with Gasteiger partial charge in [0.25, 0.3) is 10.1 Å². The van der Waals surface area contributed by atoms with Gasteiger partial charge in [-0.2, -0.15) is 8.42 Å². The lowest BCUT2D eigenvalue weighted by atomic mass is 9.94. The molecule has 0 N–H and O–H groups in total. The van der Waals surface area contributed by atoms with E-state index in [1.165, 1.54) is 0 Å². The molecule has 1 fully saturated rings. The Morgan fingerprint density at radius 2 is 1.79 bits per heavy atom.